The van der Waals surface area contributed by atoms with Crippen LogP contribution < -0.4 is 5.48 Å². The molecule has 1 amide bonds. The fourth-order valence-corrected chi connectivity index (χ4v) is 7.55. The number of hydrogen-bond acceptors (Lipinski definition) is 8. The molecule has 8 nitrogen and oxygen atoms in total. The monoisotopic (exact) mass is 552 g/mol. The van der Waals surface area contributed by atoms with E-state index in [1.807, 2.05) is 0 Å². The minimum Gasteiger partial charge on any atom is -0.381 e. The molecular weight excluding hydrogens is 526 g/mol. The molecular formula is C25H26F2N2O6S2. The van der Waals surface area contributed by atoms with Crippen LogP contribution in [0, 0.1) is 11.6 Å². The Morgan fingerprint density at radius 2 is 1.89 bits per heavy atom. The third-order valence-electron chi connectivity index (χ3n) is 6.76. The lowest BCUT2D eigenvalue weighted by Gasteiger charge is -2.35. The van der Waals surface area contributed by atoms with Gasteiger partial charge in [-0.15, -0.1) is 11.8 Å². The molecule has 1 atom stereocenters. The quantitative estimate of drug-likeness (QED) is 0.536. The molecule has 1 unspecified atom stereocenters. The van der Waals surface area contributed by atoms with Gasteiger partial charge in [-0.3, -0.25) is 4.79 Å². The minimum atomic E-state index is -4.15. The number of rotatable bonds is 6. The summed E-state index contributed by atoms with van der Waals surface area (Å²) in [5.74, 6) is -2.27. The van der Waals surface area contributed by atoms with Crippen molar-refractivity contribution in [3.05, 3.63) is 59.2 Å². The van der Waals surface area contributed by atoms with E-state index in [1.165, 1.54) is 30.0 Å². The Morgan fingerprint density at radius 3 is 2.62 bits per heavy atom. The van der Waals surface area contributed by atoms with Crippen molar-refractivity contribution in [3.63, 3.8) is 0 Å². The zero-order valence-electron chi connectivity index (χ0n) is 19.9. The first-order chi connectivity index (χ1) is 17.8. The smallest absolute Gasteiger partial charge is 0.265 e. The summed E-state index contributed by atoms with van der Waals surface area (Å²) in [6.07, 6.45) is 1.77. The number of nitrogens with one attached hydrogen (secondary N) is 1. The van der Waals surface area contributed by atoms with Crippen LogP contribution in [0.5, 0.6) is 0 Å². The number of ether oxygens (including phenoxy) is 2. The molecule has 37 heavy (non-hydrogen) atoms. The highest BCUT2D eigenvalue weighted by Gasteiger charge is 2.52. The summed E-state index contributed by atoms with van der Waals surface area (Å²) in [7, 11) is -4.15. The number of hydrogen-bond donors (Lipinski definition) is 1. The average Bonchev–Trinajstić information content (AvgIpc) is 2.93. The van der Waals surface area contributed by atoms with Crippen LogP contribution in [0.25, 0.3) is 0 Å². The van der Waals surface area contributed by atoms with Gasteiger partial charge < -0.3 is 9.47 Å². The number of sulfone groups is 1. The van der Waals surface area contributed by atoms with E-state index in [-0.39, 0.29) is 31.0 Å². The summed E-state index contributed by atoms with van der Waals surface area (Å²) >= 11 is 1.29. The average molecular weight is 553 g/mol. The van der Waals surface area contributed by atoms with Crippen LogP contribution in [-0.2, 0) is 34.7 Å². The highest BCUT2D eigenvalue weighted by atomic mass is 32.2. The van der Waals surface area contributed by atoms with Gasteiger partial charge in [0.2, 0.25) is 0 Å². The summed E-state index contributed by atoms with van der Waals surface area (Å²) in [5.41, 5.74) is 3.98. The van der Waals surface area contributed by atoms with Gasteiger partial charge in [0, 0.05) is 37.6 Å². The van der Waals surface area contributed by atoms with Gasteiger partial charge in [0.25, 0.3) is 5.91 Å². The standard InChI is InChI=1S/C25H26F2N2O6S2/c26-19-6-4-16(14-20(19)27)23-28-21-7-5-18(13-17(21)15-36-23)37(31,32)25(8-11-33-12-9-25)24(30)29-35-22-3-1-2-10-34-22/h4-7,13-14,22H,1-3,8-12,15H2,(H,29,30). The second-order valence-corrected chi connectivity index (χ2v) is 12.3. The number of carbonyl (C=O) groups is 1. The number of fused-ring (bicyclic) bond motifs is 1. The summed E-state index contributed by atoms with van der Waals surface area (Å²) < 4.78 is 63.9. The van der Waals surface area contributed by atoms with Crippen LogP contribution in [0.1, 0.15) is 43.2 Å². The van der Waals surface area contributed by atoms with Gasteiger partial charge in [-0.05, 0) is 67.6 Å². The first-order valence-corrected chi connectivity index (χ1v) is 14.5. The van der Waals surface area contributed by atoms with Gasteiger partial charge in [0.05, 0.1) is 10.6 Å². The lowest BCUT2D eigenvalue weighted by Crippen LogP contribution is -2.56. The van der Waals surface area contributed by atoms with Crippen LogP contribution in [0.15, 0.2) is 46.3 Å². The summed E-state index contributed by atoms with van der Waals surface area (Å²) in [4.78, 5) is 23.3. The number of benzene rings is 2. The fraction of sp³-hybridized carbons (Fsp3) is 0.440. The molecule has 2 fully saturated rings. The first kappa shape index (κ1) is 26.2. The Morgan fingerprint density at radius 1 is 1.08 bits per heavy atom. The van der Waals surface area contributed by atoms with Crippen molar-refractivity contribution in [2.75, 3.05) is 19.8 Å². The number of thioether (sulfide) groups is 1. The van der Waals surface area contributed by atoms with Crippen LogP contribution in [-0.4, -0.2) is 50.2 Å². The Kier molecular flexibility index (Phi) is 7.64. The third-order valence-corrected chi connectivity index (χ3v) is 10.3. The molecule has 3 aliphatic heterocycles. The molecule has 3 aliphatic rings. The highest BCUT2D eigenvalue weighted by Crippen LogP contribution is 2.39. The summed E-state index contributed by atoms with van der Waals surface area (Å²) in [5, 5.41) is 0.504. The largest absolute Gasteiger partial charge is 0.381 e. The number of hydroxylamine groups is 1. The molecule has 5 rings (SSSR count). The zero-order chi connectivity index (χ0) is 26.0. The molecule has 0 aromatic heterocycles. The maximum Gasteiger partial charge on any atom is 0.265 e. The zero-order valence-corrected chi connectivity index (χ0v) is 21.5. The normalized spacial score (nSPS) is 21.6. The molecule has 0 spiro atoms. The van der Waals surface area contributed by atoms with Crippen molar-refractivity contribution < 1.29 is 36.3 Å². The molecule has 2 saturated heterocycles. The Bertz CT molecular complexity index is 1320. The number of carbonyl (C=O) groups excluding carboxylic acids is 1. The molecule has 1 N–H and O–H groups in total. The molecule has 0 aliphatic carbocycles. The van der Waals surface area contributed by atoms with E-state index >= 15 is 0 Å². The molecule has 2 aromatic rings. The van der Waals surface area contributed by atoms with E-state index in [0.29, 0.717) is 40.6 Å². The van der Waals surface area contributed by atoms with Crippen LogP contribution >= 0.6 is 11.8 Å². The predicted molar refractivity (Wildman–Crippen MR) is 133 cm³/mol. The number of amides is 1. The van der Waals surface area contributed by atoms with Crippen LogP contribution in [0.3, 0.4) is 0 Å². The van der Waals surface area contributed by atoms with Gasteiger partial charge in [0.1, 0.15) is 5.04 Å². The molecule has 3 heterocycles. The van der Waals surface area contributed by atoms with Gasteiger partial charge in [-0.1, -0.05) is 0 Å². The van der Waals surface area contributed by atoms with Crippen molar-refractivity contribution in [2.45, 2.75) is 53.8 Å². The molecule has 0 radical (unpaired) electrons. The molecule has 0 saturated carbocycles. The second-order valence-electron chi connectivity index (χ2n) is 9.08. The van der Waals surface area contributed by atoms with E-state index in [2.05, 4.69) is 10.5 Å². The van der Waals surface area contributed by atoms with Gasteiger partial charge >= 0.3 is 0 Å². The lowest BCUT2D eigenvalue weighted by molar-refractivity contribution is -0.202. The fourth-order valence-electron chi connectivity index (χ4n) is 4.58. The van der Waals surface area contributed by atoms with Crippen LogP contribution in [0.4, 0.5) is 14.5 Å². The van der Waals surface area contributed by atoms with Crippen molar-refractivity contribution in [1.82, 2.24) is 5.48 Å². The molecule has 198 valence electrons. The molecule has 12 heteroatoms. The Labute approximate surface area is 217 Å². The minimum absolute atomic E-state index is 0.00398. The topological polar surface area (TPSA) is 103 Å². The van der Waals surface area contributed by atoms with E-state index < -0.39 is 38.4 Å². The van der Waals surface area contributed by atoms with Crippen molar-refractivity contribution in [3.8, 4) is 0 Å². The SMILES string of the molecule is O=C(NOC1CCCCO1)C1(S(=O)(=O)c2ccc3c(c2)CSC(c2ccc(F)c(F)c2)=N3)CCOCC1. The van der Waals surface area contributed by atoms with Crippen molar-refractivity contribution in [2.24, 2.45) is 4.99 Å². The Balaban J connectivity index is 1.41. The number of nitrogens with zero attached hydrogens (tertiary/aromatic N) is 1. The van der Waals surface area contributed by atoms with Gasteiger partial charge in [-0.2, -0.15) is 0 Å². The second kappa shape index (κ2) is 10.8. The van der Waals surface area contributed by atoms with Crippen molar-refractivity contribution >= 4 is 38.2 Å². The summed E-state index contributed by atoms with van der Waals surface area (Å²) in [6, 6.07) is 8.09. The molecule has 2 aromatic carbocycles. The number of halogens is 2. The highest BCUT2D eigenvalue weighted by molar-refractivity contribution is 8.13. The maximum atomic E-state index is 13.9. The van der Waals surface area contributed by atoms with Gasteiger partial charge in [-0.25, -0.2) is 32.5 Å². The third kappa shape index (κ3) is 5.17. The van der Waals surface area contributed by atoms with E-state index in [4.69, 9.17) is 14.3 Å². The Hall–Kier alpha value is -2.38. The van der Waals surface area contributed by atoms with E-state index in [1.54, 1.807) is 6.07 Å². The lowest BCUT2D eigenvalue weighted by atomic mass is 9.98. The molecule has 0 bridgehead atoms. The van der Waals surface area contributed by atoms with E-state index in [0.717, 1.165) is 25.0 Å². The summed E-state index contributed by atoms with van der Waals surface area (Å²) in [6.45, 7) is 0.760. The number of aliphatic imine (C=N–C) groups is 1. The van der Waals surface area contributed by atoms with Gasteiger partial charge in [0.15, 0.2) is 32.5 Å². The van der Waals surface area contributed by atoms with Crippen LogP contribution in [0.2, 0.25) is 0 Å². The predicted octanol–water partition coefficient (Wildman–Crippen LogP) is 4.19. The first-order valence-electron chi connectivity index (χ1n) is 12.0. The van der Waals surface area contributed by atoms with E-state index in [9.17, 15) is 22.0 Å². The maximum absolute atomic E-state index is 13.9. The van der Waals surface area contributed by atoms with Crippen molar-refractivity contribution in [1.29, 1.82) is 0 Å².